The minimum atomic E-state index is -0.0526. The number of nitrogens with zero attached hydrogens (tertiary/aromatic N) is 3. The van der Waals surface area contributed by atoms with Crippen LogP contribution in [-0.2, 0) is 0 Å². The molecule has 1 atom stereocenters. The van der Waals surface area contributed by atoms with Crippen molar-refractivity contribution in [2.75, 3.05) is 24.5 Å². The second-order valence-electron chi connectivity index (χ2n) is 6.29. The van der Waals surface area contributed by atoms with E-state index in [2.05, 4.69) is 49.1 Å². The Hall–Kier alpha value is -2.80. The first-order valence-electron chi connectivity index (χ1n) is 8.22. The van der Waals surface area contributed by atoms with Crippen molar-refractivity contribution in [3.8, 4) is 6.07 Å². The van der Waals surface area contributed by atoms with Crippen LogP contribution >= 0.6 is 0 Å². The summed E-state index contributed by atoms with van der Waals surface area (Å²) in [6.07, 6.45) is 0. The van der Waals surface area contributed by atoms with Gasteiger partial charge in [0.1, 0.15) is 0 Å². The lowest BCUT2D eigenvalue weighted by Gasteiger charge is -2.41. The molecule has 1 saturated heterocycles. The monoisotopic (exact) mass is 319 g/mol. The summed E-state index contributed by atoms with van der Waals surface area (Å²) in [4.78, 5) is 17.0. The van der Waals surface area contributed by atoms with Crippen molar-refractivity contribution in [1.29, 1.82) is 5.26 Å². The Kier molecular flexibility index (Phi) is 4.52. The van der Waals surface area contributed by atoms with Gasteiger partial charge in [-0.25, -0.2) is 0 Å². The smallest absolute Gasteiger partial charge is 0.255 e. The number of benzene rings is 2. The highest BCUT2D eigenvalue weighted by Crippen LogP contribution is 2.22. The summed E-state index contributed by atoms with van der Waals surface area (Å²) in [7, 11) is 0. The number of carbonyl (C=O) groups excluding carboxylic acids is 1. The van der Waals surface area contributed by atoms with Crippen LogP contribution in [0.3, 0.4) is 0 Å². The first kappa shape index (κ1) is 16.1. The van der Waals surface area contributed by atoms with Gasteiger partial charge in [0.25, 0.3) is 5.91 Å². The van der Waals surface area contributed by atoms with E-state index in [-0.39, 0.29) is 11.9 Å². The maximum Gasteiger partial charge on any atom is 0.255 e. The van der Waals surface area contributed by atoms with E-state index >= 15 is 0 Å². The Balaban J connectivity index is 1.75. The van der Waals surface area contributed by atoms with E-state index < -0.39 is 0 Å². The third-order valence-electron chi connectivity index (χ3n) is 4.57. The highest BCUT2D eigenvalue weighted by molar-refractivity contribution is 5.97. The van der Waals surface area contributed by atoms with Gasteiger partial charge in [0.05, 0.1) is 17.2 Å². The molecule has 3 rings (SSSR count). The van der Waals surface area contributed by atoms with Gasteiger partial charge >= 0.3 is 0 Å². The van der Waals surface area contributed by atoms with E-state index in [9.17, 15) is 10.1 Å². The highest BCUT2D eigenvalue weighted by Gasteiger charge is 2.29. The fourth-order valence-corrected chi connectivity index (χ4v) is 3.17. The molecule has 0 aromatic heterocycles. The molecule has 2 aromatic carbocycles. The number of amides is 1. The summed E-state index contributed by atoms with van der Waals surface area (Å²) < 4.78 is 0. The molecule has 4 nitrogen and oxygen atoms in total. The van der Waals surface area contributed by atoms with Crippen LogP contribution < -0.4 is 4.90 Å². The maximum atomic E-state index is 12.8. The zero-order chi connectivity index (χ0) is 17.1. The topological polar surface area (TPSA) is 47.3 Å². The van der Waals surface area contributed by atoms with Crippen LogP contribution in [0.4, 0.5) is 5.69 Å². The molecule has 0 spiro atoms. The van der Waals surface area contributed by atoms with Gasteiger partial charge in [-0.05, 0) is 38.1 Å². The highest BCUT2D eigenvalue weighted by atomic mass is 16.2. The number of nitriles is 1. The van der Waals surface area contributed by atoms with E-state index in [1.165, 1.54) is 11.3 Å². The lowest BCUT2D eigenvalue weighted by atomic mass is 10.0. The lowest BCUT2D eigenvalue weighted by molar-refractivity contribution is 0.0674. The van der Waals surface area contributed by atoms with Crippen LogP contribution in [0.1, 0.15) is 28.4 Å². The number of rotatable bonds is 2. The minimum absolute atomic E-state index is 0.0526. The molecule has 0 radical (unpaired) electrons. The molecule has 0 bridgehead atoms. The van der Waals surface area contributed by atoms with E-state index in [1.807, 2.05) is 4.90 Å². The number of aryl methyl sites for hydroxylation is 1. The Bertz CT molecular complexity index is 776. The van der Waals surface area contributed by atoms with Crippen molar-refractivity contribution in [2.45, 2.75) is 19.9 Å². The molecule has 1 aliphatic heterocycles. The van der Waals surface area contributed by atoms with Crippen molar-refractivity contribution in [1.82, 2.24) is 4.90 Å². The lowest BCUT2D eigenvalue weighted by Crippen LogP contribution is -2.54. The average Bonchev–Trinajstić information content (AvgIpc) is 2.61. The molecule has 0 unspecified atom stereocenters. The van der Waals surface area contributed by atoms with Gasteiger partial charge in [-0.15, -0.1) is 0 Å². The number of anilines is 1. The number of piperazine rings is 1. The van der Waals surface area contributed by atoms with Crippen molar-refractivity contribution >= 4 is 11.6 Å². The maximum absolute atomic E-state index is 12.8. The van der Waals surface area contributed by atoms with E-state index in [0.29, 0.717) is 17.7 Å². The van der Waals surface area contributed by atoms with E-state index in [0.717, 1.165) is 13.1 Å². The van der Waals surface area contributed by atoms with Crippen molar-refractivity contribution in [3.05, 3.63) is 65.2 Å². The van der Waals surface area contributed by atoms with E-state index in [1.54, 1.807) is 24.3 Å². The zero-order valence-corrected chi connectivity index (χ0v) is 14.1. The van der Waals surface area contributed by atoms with Crippen LogP contribution in [-0.4, -0.2) is 36.5 Å². The molecule has 1 aliphatic rings. The zero-order valence-electron chi connectivity index (χ0n) is 14.1. The third kappa shape index (κ3) is 3.11. The Labute approximate surface area is 142 Å². The SMILES string of the molecule is Cc1ccc(N2CCN(C(=O)c3ccccc3C#N)[C@@H](C)C2)cc1. The summed E-state index contributed by atoms with van der Waals surface area (Å²) in [6.45, 7) is 6.40. The van der Waals surface area contributed by atoms with Gasteiger partial charge in [-0.2, -0.15) is 5.26 Å². The van der Waals surface area contributed by atoms with Gasteiger partial charge in [0.2, 0.25) is 0 Å². The average molecular weight is 319 g/mol. The van der Waals surface area contributed by atoms with Gasteiger partial charge in [0.15, 0.2) is 0 Å². The fraction of sp³-hybridized carbons (Fsp3) is 0.300. The number of hydrogen-bond acceptors (Lipinski definition) is 3. The molecule has 4 heteroatoms. The molecule has 0 N–H and O–H groups in total. The first-order valence-corrected chi connectivity index (χ1v) is 8.22. The number of hydrogen-bond donors (Lipinski definition) is 0. The molecular weight excluding hydrogens is 298 g/mol. The van der Waals surface area contributed by atoms with Gasteiger partial charge in [-0.1, -0.05) is 29.8 Å². The fourth-order valence-electron chi connectivity index (χ4n) is 3.17. The van der Waals surface area contributed by atoms with Crippen molar-refractivity contribution in [3.63, 3.8) is 0 Å². The summed E-state index contributed by atoms with van der Waals surface area (Å²) in [5, 5.41) is 9.22. The minimum Gasteiger partial charge on any atom is -0.368 e. The van der Waals surface area contributed by atoms with Crippen LogP contribution in [0.25, 0.3) is 0 Å². The second kappa shape index (κ2) is 6.76. The van der Waals surface area contributed by atoms with Crippen LogP contribution in [0.5, 0.6) is 0 Å². The Morgan fingerprint density at radius 2 is 1.83 bits per heavy atom. The van der Waals surface area contributed by atoms with Crippen LogP contribution in [0.2, 0.25) is 0 Å². The van der Waals surface area contributed by atoms with Crippen LogP contribution in [0, 0.1) is 18.3 Å². The molecule has 0 saturated carbocycles. The molecule has 1 amide bonds. The first-order chi connectivity index (χ1) is 11.6. The van der Waals surface area contributed by atoms with Crippen molar-refractivity contribution < 1.29 is 4.79 Å². The van der Waals surface area contributed by atoms with Crippen LogP contribution in [0.15, 0.2) is 48.5 Å². The second-order valence-corrected chi connectivity index (χ2v) is 6.29. The summed E-state index contributed by atoms with van der Waals surface area (Å²) >= 11 is 0. The quantitative estimate of drug-likeness (QED) is 0.854. The molecule has 1 fully saturated rings. The molecule has 1 heterocycles. The van der Waals surface area contributed by atoms with E-state index in [4.69, 9.17) is 0 Å². The Morgan fingerprint density at radius 1 is 1.12 bits per heavy atom. The third-order valence-corrected chi connectivity index (χ3v) is 4.57. The normalized spacial score (nSPS) is 17.5. The molecule has 2 aromatic rings. The predicted octanol–water partition coefficient (Wildman–Crippen LogP) is 3.22. The van der Waals surface area contributed by atoms with Crippen molar-refractivity contribution in [2.24, 2.45) is 0 Å². The Morgan fingerprint density at radius 3 is 2.50 bits per heavy atom. The predicted molar refractivity (Wildman–Crippen MR) is 95.0 cm³/mol. The largest absolute Gasteiger partial charge is 0.368 e. The molecular formula is C20H21N3O. The van der Waals surface area contributed by atoms with Gasteiger partial charge < -0.3 is 9.80 Å². The van der Waals surface area contributed by atoms with Gasteiger partial charge in [-0.3, -0.25) is 4.79 Å². The summed E-state index contributed by atoms with van der Waals surface area (Å²) in [6, 6.07) is 17.7. The molecule has 0 aliphatic carbocycles. The summed E-state index contributed by atoms with van der Waals surface area (Å²) in [5.74, 6) is -0.0526. The summed E-state index contributed by atoms with van der Waals surface area (Å²) in [5.41, 5.74) is 3.37. The van der Waals surface area contributed by atoms with Gasteiger partial charge in [0, 0.05) is 31.4 Å². The standard InChI is InChI=1S/C20H21N3O/c1-15-7-9-18(10-8-15)22-11-12-23(16(2)14-22)20(24)19-6-4-3-5-17(19)13-21/h3-10,16H,11-12,14H2,1-2H3/t16-/m0/s1. The number of carbonyl (C=O) groups is 1. The molecule has 122 valence electrons. The molecule has 24 heavy (non-hydrogen) atoms.